The van der Waals surface area contributed by atoms with E-state index in [1.54, 1.807) is 6.20 Å². The van der Waals surface area contributed by atoms with Crippen molar-refractivity contribution in [2.45, 2.75) is 32.2 Å². The quantitative estimate of drug-likeness (QED) is 0.930. The number of carbonyl (C=O) groups excluding carboxylic acids is 1. The topological polar surface area (TPSA) is 88.3 Å². The number of hydrogen-bond acceptors (Lipinski definition) is 4. The first-order valence-corrected chi connectivity index (χ1v) is 7.59. The van der Waals surface area contributed by atoms with Crippen LogP contribution >= 0.6 is 0 Å². The van der Waals surface area contributed by atoms with E-state index in [1.165, 1.54) is 9.58 Å². The van der Waals surface area contributed by atoms with Gasteiger partial charge >= 0.3 is 5.97 Å². The van der Waals surface area contributed by atoms with Crippen LogP contribution in [0.25, 0.3) is 5.69 Å². The number of amides is 1. The predicted molar refractivity (Wildman–Crippen MR) is 82.4 cm³/mol. The number of nitrogens with zero attached hydrogens (tertiary/aromatic N) is 4. The number of rotatable bonds is 3. The zero-order valence-corrected chi connectivity index (χ0v) is 12.8. The lowest BCUT2D eigenvalue weighted by molar-refractivity contribution is -0.143. The van der Waals surface area contributed by atoms with Gasteiger partial charge in [0, 0.05) is 6.54 Å². The average Bonchev–Trinajstić information content (AvgIpc) is 3.04. The van der Waals surface area contributed by atoms with Crippen LogP contribution in [0.2, 0.25) is 0 Å². The molecule has 1 unspecified atom stereocenters. The van der Waals surface area contributed by atoms with E-state index in [1.807, 2.05) is 31.2 Å². The van der Waals surface area contributed by atoms with Gasteiger partial charge in [0.2, 0.25) is 0 Å². The van der Waals surface area contributed by atoms with Gasteiger partial charge in [-0.3, -0.25) is 4.79 Å². The van der Waals surface area contributed by atoms with Crippen LogP contribution in [0.15, 0.2) is 30.5 Å². The Morgan fingerprint density at radius 1 is 1.30 bits per heavy atom. The SMILES string of the molecule is Cc1cccc(-n2cc(C(=O)N3CCCCC3C(=O)O)nn2)c1. The predicted octanol–water partition coefficient (Wildman–Crippen LogP) is 1.66. The van der Waals surface area contributed by atoms with Crippen molar-refractivity contribution in [1.29, 1.82) is 0 Å². The molecule has 1 fully saturated rings. The van der Waals surface area contributed by atoms with Crippen molar-refractivity contribution in [2.24, 2.45) is 0 Å². The average molecular weight is 314 g/mol. The number of carboxylic acid groups (broad SMARTS) is 1. The van der Waals surface area contributed by atoms with Crippen LogP contribution in [0.5, 0.6) is 0 Å². The van der Waals surface area contributed by atoms with E-state index < -0.39 is 12.0 Å². The highest BCUT2D eigenvalue weighted by atomic mass is 16.4. The van der Waals surface area contributed by atoms with Gasteiger partial charge in [-0.15, -0.1) is 5.10 Å². The molecule has 7 nitrogen and oxygen atoms in total. The second-order valence-electron chi connectivity index (χ2n) is 5.74. The Labute approximate surface area is 133 Å². The van der Waals surface area contributed by atoms with Crippen LogP contribution in [0.1, 0.15) is 35.3 Å². The standard InChI is InChI=1S/C16H18N4O3/c1-11-5-4-6-12(9-11)20-10-13(17-18-20)15(21)19-8-3-2-7-14(19)16(22)23/h4-6,9-10,14H,2-3,7-8H2,1H3,(H,22,23). The number of likely N-dealkylation sites (tertiary alicyclic amines) is 1. The molecule has 1 amide bonds. The van der Waals surface area contributed by atoms with Crippen LogP contribution in [0.3, 0.4) is 0 Å². The molecule has 1 atom stereocenters. The molecule has 0 radical (unpaired) electrons. The maximum Gasteiger partial charge on any atom is 0.326 e. The molecule has 0 aliphatic carbocycles. The fourth-order valence-electron chi connectivity index (χ4n) is 2.84. The molecule has 2 aromatic rings. The lowest BCUT2D eigenvalue weighted by atomic mass is 10.0. The van der Waals surface area contributed by atoms with Gasteiger partial charge in [-0.1, -0.05) is 17.3 Å². The Kier molecular flexibility index (Phi) is 4.10. The maximum absolute atomic E-state index is 12.6. The Morgan fingerprint density at radius 2 is 2.13 bits per heavy atom. The summed E-state index contributed by atoms with van der Waals surface area (Å²) in [5.41, 5.74) is 2.05. The summed E-state index contributed by atoms with van der Waals surface area (Å²) in [7, 11) is 0. The van der Waals surface area contributed by atoms with Gasteiger partial charge in [-0.25, -0.2) is 9.48 Å². The first-order chi connectivity index (χ1) is 11.1. The van der Waals surface area contributed by atoms with Crippen LogP contribution < -0.4 is 0 Å². The molecule has 1 aliphatic heterocycles. The molecule has 0 spiro atoms. The van der Waals surface area contributed by atoms with E-state index in [0.29, 0.717) is 13.0 Å². The number of carbonyl (C=O) groups is 2. The molecule has 0 saturated carbocycles. The van der Waals surface area contributed by atoms with Crippen molar-refractivity contribution in [3.8, 4) is 5.69 Å². The van der Waals surface area contributed by atoms with Crippen molar-refractivity contribution < 1.29 is 14.7 Å². The van der Waals surface area contributed by atoms with Crippen molar-refractivity contribution in [2.75, 3.05) is 6.54 Å². The van der Waals surface area contributed by atoms with Gasteiger partial charge in [-0.2, -0.15) is 0 Å². The summed E-state index contributed by atoms with van der Waals surface area (Å²) in [5, 5.41) is 17.2. The van der Waals surface area contributed by atoms with E-state index >= 15 is 0 Å². The molecule has 3 rings (SSSR count). The van der Waals surface area contributed by atoms with Crippen LogP contribution in [0.4, 0.5) is 0 Å². The fourth-order valence-corrected chi connectivity index (χ4v) is 2.84. The Hall–Kier alpha value is -2.70. The van der Waals surface area contributed by atoms with Gasteiger partial charge in [0.15, 0.2) is 5.69 Å². The fraction of sp³-hybridized carbons (Fsp3) is 0.375. The highest BCUT2D eigenvalue weighted by Gasteiger charge is 2.33. The molecule has 1 aliphatic rings. The minimum absolute atomic E-state index is 0.166. The lowest BCUT2D eigenvalue weighted by Crippen LogP contribution is -2.48. The second-order valence-corrected chi connectivity index (χ2v) is 5.74. The molecule has 120 valence electrons. The van der Waals surface area contributed by atoms with Crippen molar-refractivity contribution in [3.05, 3.63) is 41.7 Å². The molecule has 1 N–H and O–H groups in total. The first kappa shape index (κ1) is 15.2. The minimum atomic E-state index is -0.968. The van der Waals surface area contributed by atoms with Gasteiger partial charge in [0.25, 0.3) is 5.91 Å². The summed E-state index contributed by atoms with van der Waals surface area (Å²) >= 11 is 0. The van der Waals surface area contributed by atoms with Crippen LogP contribution in [0, 0.1) is 6.92 Å². The van der Waals surface area contributed by atoms with E-state index in [-0.39, 0.29) is 11.6 Å². The monoisotopic (exact) mass is 314 g/mol. The van der Waals surface area contributed by atoms with Crippen LogP contribution in [-0.2, 0) is 4.79 Å². The van der Waals surface area contributed by atoms with Crippen molar-refractivity contribution in [3.63, 3.8) is 0 Å². The van der Waals surface area contributed by atoms with E-state index in [0.717, 1.165) is 24.1 Å². The highest BCUT2D eigenvalue weighted by Crippen LogP contribution is 2.19. The molecule has 7 heteroatoms. The second kappa shape index (κ2) is 6.20. The maximum atomic E-state index is 12.6. The summed E-state index contributed by atoms with van der Waals surface area (Å²) < 4.78 is 1.53. The summed E-state index contributed by atoms with van der Waals surface area (Å²) in [5.74, 6) is -1.35. The largest absolute Gasteiger partial charge is 0.480 e. The van der Waals surface area contributed by atoms with Gasteiger partial charge < -0.3 is 10.0 Å². The summed E-state index contributed by atoms with van der Waals surface area (Å²) in [4.78, 5) is 25.3. The van der Waals surface area contributed by atoms with E-state index in [4.69, 9.17) is 0 Å². The number of carboxylic acids is 1. The minimum Gasteiger partial charge on any atom is -0.480 e. The molecule has 1 aromatic carbocycles. The number of piperidine rings is 1. The third-order valence-electron chi connectivity index (χ3n) is 4.03. The number of aromatic nitrogens is 3. The molecule has 1 saturated heterocycles. The third kappa shape index (κ3) is 3.08. The normalized spacial score (nSPS) is 18.0. The molecule has 0 bridgehead atoms. The Morgan fingerprint density at radius 3 is 2.87 bits per heavy atom. The molecule has 23 heavy (non-hydrogen) atoms. The van der Waals surface area contributed by atoms with Gasteiger partial charge in [-0.05, 0) is 43.9 Å². The number of hydrogen-bond donors (Lipinski definition) is 1. The Bertz CT molecular complexity index is 740. The van der Waals surface area contributed by atoms with E-state index in [9.17, 15) is 14.7 Å². The third-order valence-corrected chi connectivity index (χ3v) is 4.03. The molecular weight excluding hydrogens is 296 g/mol. The Balaban J connectivity index is 1.84. The van der Waals surface area contributed by atoms with Crippen molar-refractivity contribution >= 4 is 11.9 Å². The van der Waals surface area contributed by atoms with Crippen molar-refractivity contribution in [1.82, 2.24) is 19.9 Å². The van der Waals surface area contributed by atoms with Crippen LogP contribution in [-0.4, -0.2) is 49.5 Å². The van der Waals surface area contributed by atoms with E-state index in [2.05, 4.69) is 10.3 Å². The molecule has 2 heterocycles. The zero-order valence-electron chi connectivity index (χ0n) is 12.8. The molecule has 1 aromatic heterocycles. The summed E-state index contributed by atoms with van der Waals surface area (Å²) in [6.07, 6.45) is 3.65. The lowest BCUT2D eigenvalue weighted by Gasteiger charge is -2.32. The first-order valence-electron chi connectivity index (χ1n) is 7.59. The van der Waals surface area contributed by atoms with Gasteiger partial charge in [0.1, 0.15) is 6.04 Å². The van der Waals surface area contributed by atoms with Gasteiger partial charge in [0.05, 0.1) is 11.9 Å². The number of benzene rings is 1. The summed E-state index contributed by atoms with van der Waals surface area (Å²) in [6.45, 7) is 2.41. The number of aliphatic carboxylic acids is 1. The number of aryl methyl sites for hydroxylation is 1. The molecular formula is C16H18N4O3. The summed E-state index contributed by atoms with van der Waals surface area (Å²) in [6, 6.07) is 6.90. The zero-order chi connectivity index (χ0) is 16.4. The highest BCUT2D eigenvalue weighted by molar-refractivity contribution is 5.94. The smallest absolute Gasteiger partial charge is 0.326 e.